The van der Waals surface area contributed by atoms with Crippen LogP contribution in [0.5, 0.6) is 0 Å². The summed E-state index contributed by atoms with van der Waals surface area (Å²) in [6, 6.07) is 7.84. The minimum Gasteiger partial charge on any atom is -0.274 e. The van der Waals surface area contributed by atoms with E-state index in [1.807, 2.05) is 31.2 Å². The van der Waals surface area contributed by atoms with Gasteiger partial charge in [0.25, 0.3) is 0 Å². The van der Waals surface area contributed by atoms with Crippen LogP contribution in [0.3, 0.4) is 0 Å². The molecular weight excluding hydrogens is 262 g/mol. The number of allylic oxidation sites excluding steroid dienone is 2. The van der Waals surface area contributed by atoms with Gasteiger partial charge in [-0.1, -0.05) is 37.1 Å². The maximum absolute atomic E-state index is 12.6. The number of anilines is 1. The fraction of sp³-hybridized carbons (Fsp3) is 0.444. The van der Waals surface area contributed by atoms with Gasteiger partial charge in [0, 0.05) is 0 Å². The second-order valence-corrected chi connectivity index (χ2v) is 6.13. The van der Waals surface area contributed by atoms with Gasteiger partial charge in [-0.3, -0.25) is 14.5 Å². The molecule has 0 unspecified atom stereocenters. The van der Waals surface area contributed by atoms with E-state index in [1.165, 1.54) is 16.0 Å². The molecule has 1 heterocycles. The maximum Gasteiger partial charge on any atom is 0.238 e. The average molecular weight is 283 g/mol. The molecule has 0 N–H and O–H groups in total. The van der Waals surface area contributed by atoms with Gasteiger partial charge in [-0.25, -0.2) is 0 Å². The Morgan fingerprint density at radius 1 is 1.10 bits per heavy atom. The van der Waals surface area contributed by atoms with E-state index in [-0.39, 0.29) is 23.7 Å². The van der Waals surface area contributed by atoms with Crippen molar-refractivity contribution in [3.63, 3.8) is 0 Å². The fourth-order valence-electron chi connectivity index (χ4n) is 3.39. The summed E-state index contributed by atoms with van der Waals surface area (Å²) < 4.78 is 0. The molecule has 1 aliphatic carbocycles. The molecule has 2 aliphatic rings. The lowest BCUT2D eigenvalue weighted by atomic mass is 9.82. The standard InChI is InChI=1S/C18H21NO2/c1-3-4-13-6-8-14(9-7-13)19-17(20)15-10-5-12(2)11-16(15)18(19)21/h5-9,15-16H,3-4,10-11H2,1-2H3/t15-,16-/m0/s1. The maximum atomic E-state index is 12.6. The van der Waals surface area contributed by atoms with Gasteiger partial charge in [0.05, 0.1) is 17.5 Å². The van der Waals surface area contributed by atoms with Crippen molar-refractivity contribution >= 4 is 17.5 Å². The molecule has 2 atom stereocenters. The van der Waals surface area contributed by atoms with E-state index in [0.29, 0.717) is 6.42 Å². The third kappa shape index (κ3) is 2.41. The molecule has 1 aliphatic heterocycles. The molecule has 0 aromatic heterocycles. The van der Waals surface area contributed by atoms with Crippen molar-refractivity contribution in [3.05, 3.63) is 41.5 Å². The van der Waals surface area contributed by atoms with Gasteiger partial charge in [-0.15, -0.1) is 0 Å². The summed E-state index contributed by atoms with van der Waals surface area (Å²) >= 11 is 0. The highest BCUT2D eigenvalue weighted by atomic mass is 16.2. The van der Waals surface area contributed by atoms with Crippen molar-refractivity contribution in [3.8, 4) is 0 Å². The highest BCUT2D eigenvalue weighted by Crippen LogP contribution is 2.39. The normalized spacial score (nSPS) is 25.0. The van der Waals surface area contributed by atoms with Gasteiger partial charge in [0.1, 0.15) is 0 Å². The molecule has 21 heavy (non-hydrogen) atoms. The predicted octanol–water partition coefficient (Wildman–Crippen LogP) is 3.48. The first-order valence-electron chi connectivity index (χ1n) is 7.74. The monoisotopic (exact) mass is 283 g/mol. The zero-order valence-electron chi connectivity index (χ0n) is 12.6. The van der Waals surface area contributed by atoms with Crippen LogP contribution < -0.4 is 4.90 Å². The molecule has 0 saturated carbocycles. The van der Waals surface area contributed by atoms with Gasteiger partial charge < -0.3 is 0 Å². The number of hydrogen-bond acceptors (Lipinski definition) is 2. The number of carbonyl (C=O) groups is 2. The van der Waals surface area contributed by atoms with E-state index in [2.05, 4.69) is 13.0 Å². The van der Waals surface area contributed by atoms with Crippen LogP contribution in [0.2, 0.25) is 0 Å². The summed E-state index contributed by atoms with van der Waals surface area (Å²) in [6.45, 7) is 4.18. The van der Waals surface area contributed by atoms with E-state index in [0.717, 1.165) is 24.9 Å². The van der Waals surface area contributed by atoms with E-state index in [9.17, 15) is 9.59 Å². The van der Waals surface area contributed by atoms with Crippen molar-refractivity contribution in [2.45, 2.75) is 39.5 Å². The Kier molecular flexibility index (Phi) is 3.66. The second kappa shape index (κ2) is 5.47. The zero-order chi connectivity index (χ0) is 15.0. The molecule has 1 aromatic carbocycles. The Bertz CT molecular complexity index is 600. The Balaban J connectivity index is 1.86. The third-order valence-corrected chi connectivity index (χ3v) is 4.56. The van der Waals surface area contributed by atoms with Crippen molar-refractivity contribution in [1.82, 2.24) is 0 Å². The summed E-state index contributed by atoms with van der Waals surface area (Å²) in [5.41, 5.74) is 3.18. The van der Waals surface area contributed by atoms with E-state index < -0.39 is 0 Å². The van der Waals surface area contributed by atoms with Gasteiger partial charge in [0.15, 0.2) is 0 Å². The number of hydrogen-bond donors (Lipinski definition) is 0. The number of nitrogens with zero attached hydrogens (tertiary/aromatic N) is 1. The lowest BCUT2D eigenvalue weighted by Crippen LogP contribution is -2.30. The summed E-state index contributed by atoms with van der Waals surface area (Å²) in [5, 5.41) is 0. The highest BCUT2D eigenvalue weighted by molar-refractivity contribution is 6.22. The molecule has 3 nitrogen and oxygen atoms in total. The molecule has 0 spiro atoms. The Morgan fingerprint density at radius 3 is 2.43 bits per heavy atom. The van der Waals surface area contributed by atoms with E-state index in [1.54, 1.807) is 0 Å². The number of carbonyl (C=O) groups excluding carboxylic acids is 2. The molecule has 3 rings (SSSR count). The number of benzene rings is 1. The quantitative estimate of drug-likeness (QED) is 0.629. The lowest BCUT2D eigenvalue weighted by Gasteiger charge is -2.18. The van der Waals surface area contributed by atoms with Crippen molar-refractivity contribution in [2.24, 2.45) is 11.8 Å². The van der Waals surface area contributed by atoms with Crippen molar-refractivity contribution < 1.29 is 9.59 Å². The molecule has 110 valence electrons. The van der Waals surface area contributed by atoms with Gasteiger partial charge in [-0.05, 0) is 43.9 Å². The summed E-state index contributed by atoms with van der Waals surface area (Å²) in [5.74, 6) is -0.369. The number of fused-ring (bicyclic) bond motifs is 1. The highest BCUT2D eigenvalue weighted by Gasteiger charge is 2.48. The van der Waals surface area contributed by atoms with Crippen molar-refractivity contribution in [1.29, 1.82) is 0 Å². The topological polar surface area (TPSA) is 37.4 Å². The molecule has 2 amide bonds. The first-order valence-corrected chi connectivity index (χ1v) is 7.74. The lowest BCUT2D eigenvalue weighted by molar-refractivity contribution is -0.122. The van der Waals surface area contributed by atoms with Crippen LogP contribution in [0.25, 0.3) is 0 Å². The van der Waals surface area contributed by atoms with Crippen LogP contribution in [-0.4, -0.2) is 11.8 Å². The minimum absolute atomic E-state index is 0.0271. The molecule has 1 saturated heterocycles. The van der Waals surface area contributed by atoms with Crippen LogP contribution in [0.1, 0.15) is 38.7 Å². The fourth-order valence-corrected chi connectivity index (χ4v) is 3.39. The van der Waals surface area contributed by atoms with E-state index in [4.69, 9.17) is 0 Å². The Hall–Kier alpha value is -1.90. The molecule has 1 fully saturated rings. The van der Waals surface area contributed by atoms with Crippen molar-refractivity contribution in [2.75, 3.05) is 4.90 Å². The van der Waals surface area contributed by atoms with Crippen LogP contribution in [0.4, 0.5) is 5.69 Å². The van der Waals surface area contributed by atoms with Crippen LogP contribution in [0.15, 0.2) is 35.9 Å². The van der Waals surface area contributed by atoms with Crippen LogP contribution in [0, 0.1) is 11.8 Å². The number of rotatable bonds is 3. The van der Waals surface area contributed by atoms with E-state index >= 15 is 0 Å². The zero-order valence-corrected chi connectivity index (χ0v) is 12.6. The summed E-state index contributed by atoms with van der Waals surface area (Å²) in [7, 11) is 0. The Morgan fingerprint density at radius 2 is 1.76 bits per heavy atom. The molecular formula is C18H21NO2. The average Bonchev–Trinajstić information content (AvgIpc) is 2.72. The molecule has 0 bridgehead atoms. The molecule has 1 aromatic rings. The SMILES string of the molecule is CCCc1ccc(N2C(=O)[C@H]3CC=C(C)C[C@@H]3C2=O)cc1. The van der Waals surface area contributed by atoms with Gasteiger partial charge in [0.2, 0.25) is 11.8 Å². The third-order valence-electron chi connectivity index (χ3n) is 4.56. The van der Waals surface area contributed by atoms with Gasteiger partial charge in [-0.2, -0.15) is 0 Å². The second-order valence-electron chi connectivity index (χ2n) is 6.13. The smallest absolute Gasteiger partial charge is 0.238 e. The largest absolute Gasteiger partial charge is 0.274 e. The van der Waals surface area contributed by atoms with Crippen LogP contribution in [-0.2, 0) is 16.0 Å². The minimum atomic E-state index is -0.156. The molecule has 3 heteroatoms. The first kappa shape index (κ1) is 14.1. The predicted molar refractivity (Wildman–Crippen MR) is 82.9 cm³/mol. The van der Waals surface area contributed by atoms with Crippen LogP contribution >= 0.6 is 0 Å². The number of imide groups is 1. The summed E-state index contributed by atoms with van der Waals surface area (Å²) in [4.78, 5) is 26.5. The number of aryl methyl sites for hydroxylation is 1. The number of amides is 2. The molecule has 0 radical (unpaired) electrons. The van der Waals surface area contributed by atoms with Gasteiger partial charge >= 0.3 is 0 Å². The Labute approximate surface area is 125 Å². The first-order chi connectivity index (χ1) is 10.1. The summed E-state index contributed by atoms with van der Waals surface area (Å²) in [6.07, 6.45) is 5.64.